The topological polar surface area (TPSA) is 50.8 Å². The highest BCUT2D eigenvalue weighted by Crippen LogP contribution is 2.23. The van der Waals surface area contributed by atoms with Crippen LogP contribution in [0, 0.1) is 0 Å². The molecule has 2 rings (SSSR count). The van der Waals surface area contributed by atoms with Crippen LogP contribution in [0.3, 0.4) is 0 Å². The van der Waals surface area contributed by atoms with Crippen molar-refractivity contribution in [2.45, 2.75) is 19.0 Å². The summed E-state index contributed by atoms with van der Waals surface area (Å²) in [6, 6.07) is 5.43. The van der Waals surface area contributed by atoms with Crippen LogP contribution in [0.1, 0.15) is 5.56 Å². The molecule has 1 unspecified atom stereocenters. The molecule has 1 N–H and O–H groups in total. The molecule has 1 atom stereocenters. The lowest BCUT2D eigenvalue weighted by Gasteiger charge is -2.27. The van der Waals surface area contributed by atoms with E-state index in [1.54, 1.807) is 7.05 Å². The highest BCUT2D eigenvalue weighted by molar-refractivity contribution is 5.81. The summed E-state index contributed by atoms with van der Waals surface area (Å²) in [5.41, 5.74) is 0.703. The van der Waals surface area contributed by atoms with E-state index in [4.69, 9.17) is 4.74 Å². The van der Waals surface area contributed by atoms with Crippen molar-refractivity contribution in [1.82, 2.24) is 10.2 Å². The van der Waals surface area contributed by atoms with Gasteiger partial charge in [0.1, 0.15) is 11.9 Å². The molecule has 0 aromatic heterocycles. The fourth-order valence-corrected chi connectivity index (χ4v) is 2.12. The van der Waals surface area contributed by atoms with Gasteiger partial charge < -0.3 is 19.7 Å². The maximum atomic E-state index is 12.1. The molecule has 0 aliphatic carbocycles. The van der Waals surface area contributed by atoms with Crippen LogP contribution < -0.4 is 10.1 Å². The summed E-state index contributed by atoms with van der Waals surface area (Å²) in [6.07, 6.45) is -5.23. The molecule has 1 aliphatic heterocycles. The van der Waals surface area contributed by atoms with E-state index in [9.17, 15) is 18.0 Å². The Labute approximate surface area is 126 Å². The van der Waals surface area contributed by atoms with Crippen molar-refractivity contribution in [3.63, 3.8) is 0 Å². The third-order valence-electron chi connectivity index (χ3n) is 3.16. The van der Waals surface area contributed by atoms with Crippen molar-refractivity contribution in [2.24, 2.45) is 0 Å². The summed E-state index contributed by atoms with van der Waals surface area (Å²) < 4.78 is 45.4. The number of likely N-dealkylation sites (N-methyl/N-ethyl adjacent to an activating group) is 1. The Morgan fingerprint density at radius 1 is 1.41 bits per heavy atom. The number of amides is 1. The number of nitrogens with zero attached hydrogens (tertiary/aromatic N) is 1. The minimum Gasteiger partial charge on any atom is -0.406 e. The molecule has 22 heavy (non-hydrogen) atoms. The molecule has 0 radical (unpaired) electrons. The van der Waals surface area contributed by atoms with Crippen LogP contribution in [0.4, 0.5) is 13.2 Å². The van der Waals surface area contributed by atoms with Crippen molar-refractivity contribution in [3.05, 3.63) is 29.8 Å². The molecule has 0 spiro atoms. The molecule has 8 heteroatoms. The van der Waals surface area contributed by atoms with Gasteiger partial charge in [0.2, 0.25) is 0 Å². The SMILES string of the molecule is CN(Cc1ccc(OC(F)(F)F)cc1)C(=O)C1CNCCO1. The number of rotatable bonds is 4. The fraction of sp³-hybridized carbons (Fsp3) is 0.500. The zero-order valence-electron chi connectivity index (χ0n) is 12.0. The molecular formula is C14H17F3N2O3. The molecule has 1 amide bonds. The van der Waals surface area contributed by atoms with Gasteiger partial charge in [0.15, 0.2) is 0 Å². The van der Waals surface area contributed by atoms with E-state index in [-0.39, 0.29) is 18.2 Å². The second-order valence-corrected chi connectivity index (χ2v) is 4.95. The maximum absolute atomic E-state index is 12.1. The molecular weight excluding hydrogens is 301 g/mol. The van der Waals surface area contributed by atoms with Crippen molar-refractivity contribution in [3.8, 4) is 5.75 Å². The lowest BCUT2D eigenvalue weighted by atomic mass is 10.2. The highest BCUT2D eigenvalue weighted by atomic mass is 19.4. The second-order valence-electron chi connectivity index (χ2n) is 4.95. The van der Waals surface area contributed by atoms with Crippen LogP contribution in [0.25, 0.3) is 0 Å². The lowest BCUT2D eigenvalue weighted by Crippen LogP contribution is -2.48. The van der Waals surface area contributed by atoms with Gasteiger partial charge in [0.05, 0.1) is 6.61 Å². The minimum absolute atomic E-state index is 0.164. The number of hydrogen-bond donors (Lipinski definition) is 1. The smallest absolute Gasteiger partial charge is 0.406 e. The Bertz CT molecular complexity index is 499. The molecule has 122 valence electrons. The van der Waals surface area contributed by atoms with Crippen LogP contribution in [0.2, 0.25) is 0 Å². The van der Waals surface area contributed by atoms with Gasteiger partial charge in [-0.25, -0.2) is 0 Å². The van der Waals surface area contributed by atoms with Gasteiger partial charge >= 0.3 is 6.36 Å². The van der Waals surface area contributed by atoms with E-state index < -0.39 is 12.5 Å². The number of ether oxygens (including phenoxy) is 2. The van der Waals surface area contributed by atoms with Crippen molar-refractivity contribution >= 4 is 5.91 Å². The summed E-state index contributed by atoms with van der Waals surface area (Å²) in [6.45, 7) is 1.94. The molecule has 1 aromatic carbocycles. The van der Waals surface area contributed by atoms with Gasteiger partial charge in [0, 0.05) is 26.7 Å². The van der Waals surface area contributed by atoms with Crippen LogP contribution in [0.5, 0.6) is 5.75 Å². The van der Waals surface area contributed by atoms with E-state index in [0.717, 1.165) is 0 Å². The Balaban J connectivity index is 1.90. The third kappa shape index (κ3) is 4.88. The number of carbonyl (C=O) groups excluding carboxylic acids is 1. The van der Waals surface area contributed by atoms with Crippen molar-refractivity contribution in [1.29, 1.82) is 0 Å². The predicted molar refractivity (Wildman–Crippen MR) is 72.2 cm³/mol. The standard InChI is InChI=1S/C14H17F3N2O3/c1-19(13(20)12-8-18-6-7-21-12)9-10-2-4-11(5-3-10)22-14(15,16)17/h2-5,12,18H,6-9H2,1H3. The summed E-state index contributed by atoms with van der Waals surface area (Å²) in [5, 5.41) is 3.07. The van der Waals surface area contributed by atoms with Gasteiger partial charge in [-0.3, -0.25) is 4.79 Å². The first-order chi connectivity index (χ1) is 10.3. The van der Waals surface area contributed by atoms with Gasteiger partial charge in [-0.05, 0) is 17.7 Å². The minimum atomic E-state index is -4.71. The Morgan fingerprint density at radius 2 is 2.09 bits per heavy atom. The Kier molecular flexibility index (Phi) is 5.25. The van der Waals surface area contributed by atoms with Crippen LogP contribution in [0.15, 0.2) is 24.3 Å². The van der Waals surface area contributed by atoms with Crippen LogP contribution >= 0.6 is 0 Å². The van der Waals surface area contributed by atoms with E-state index in [0.29, 0.717) is 25.3 Å². The second kappa shape index (κ2) is 6.97. The van der Waals surface area contributed by atoms with E-state index >= 15 is 0 Å². The molecule has 1 aliphatic rings. The highest BCUT2D eigenvalue weighted by Gasteiger charge is 2.31. The number of morpholine rings is 1. The van der Waals surface area contributed by atoms with Gasteiger partial charge in [-0.1, -0.05) is 12.1 Å². The first kappa shape index (κ1) is 16.6. The number of halogens is 3. The molecule has 1 fully saturated rings. The average Bonchev–Trinajstić information content (AvgIpc) is 2.48. The predicted octanol–water partition coefficient (Wildman–Crippen LogP) is 1.53. The zero-order chi connectivity index (χ0) is 16.2. The van der Waals surface area contributed by atoms with Gasteiger partial charge in [0.25, 0.3) is 5.91 Å². The van der Waals surface area contributed by atoms with Gasteiger partial charge in [-0.15, -0.1) is 13.2 Å². The molecule has 1 saturated heterocycles. The quantitative estimate of drug-likeness (QED) is 0.915. The van der Waals surface area contributed by atoms with Crippen LogP contribution in [-0.4, -0.2) is 50.0 Å². The number of nitrogens with one attached hydrogen (secondary N) is 1. The zero-order valence-corrected chi connectivity index (χ0v) is 12.0. The van der Waals surface area contributed by atoms with Crippen molar-refractivity contribution < 1.29 is 27.4 Å². The monoisotopic (exact) mass is 318 g/mol. The largest absolute Gasteiger partial charge is 0.573 e. The molecule has 1 aromatic rings. The number of hydrogen-bond acceptors (Lipinski definition) is 4. The van der Waals surface area contributed by atoms with Crippen molar-refractivity contribution in [2.75, 3.05) is 26.7 Å². The fourth-order valence-electron chi connectivity index (χ4n) is 2.12. The molecule has 0 bridgehead atoms. The average molecular weight is 318 g/mol. The summed E-state index contributed by atoms with van der Waals surface area (Å²) in [7, 11) is 1.63. The summed E-state index contributed by atoms with van der Waals surface area (Å²) >= 11 is 0. The number of carbonyl (C=O) groups is 1. The molecule has 1 heterocycles. The first-order valence-corrected chi connectivity index (χ1v) is 6.77. The van der Waals surface area contributed by atoms with E-state index in [1.165, 1.54) is 29.2 Å². The Hall–Kier alpha value is -1.80. The normalized spacial score (nSPS) is 18.8. The lowest BCUT2D eigenvalue weighted by molar-refractivity contribution is -0.274. The van der Waals surface area contributed by atoms with E-state index in [1.807, 2.05) is 0 Å². The van der Waals surface area contributed by atoms with Gasteiger partial charge in [-0.2, -0.15) is 0 Å². The molecule has 5 nitrogen and oxygen atoms in total. The number of benzene rings is 1. The third-order valence-corrected chi connectivity index (χ3v) is 3.16. The molecule has 0 saturated carbocycles. The summed E-state index contributed by atoms with van der Waals surface area (Å²) in [4.78, 5) is 13.6. The Morgan fingerprint density at radius 3 is 2.64 bits per heavy atom. The van der Waals surface area contributed by atoms with Crippen LogP contribution in [-0.2, 0) is 16.1 Å². The maximum Gasteiger partial charge on any atom is 0.573 e. The number of alkyl halides is 3. The first-order valence-electron chi connectivity index (χ1n) is 6.77. The summed E-state index contributed by atoms with van der Waals surface area (Å²) in [5.74, 6) is -0.451. The van der Waals surface area contributed by atoms with E-state index in [2.05, 4.69) is 10.1 Å².